The van der Waals surface area contributed by atoms with E-state index in [1.807, 2.05) is 31.4 Å². The number of nitrogens with zero attached hydrogens (tertiary/aromatic N) is 2. The summed E-state index contributed by atoms with van der Waals surface area (Å²) in [6.45, 7) is 3.96. The topological polar surface area (TPSA) is 63.8 Å². The van der Waals surface area contributed by atoms with Crippen LogP contribution in [-0.2, 0) is 6.18 Å². The molecule has 2 rings (SSSR count). The average molecular weight is 316 g/mol. The molecule has 2 heterocycles. The summed E-state index contributed by atoms with van der Waals surface area (Å²) in [6.07, 6.45) is -4.62. The van der Waals surface area contributed by atoms with Gasteiger partial charge in [-0.2, -0.15) is 13.2 Å². The van der Waals surface area contributed by atoms with Crippen molar-refractivity contribution in [3.05, 3.63) is 34.3 Å². The molecule has 0 aromatic carbocycles. The minimum atomic E-state index is -4.62. The Labute approximate surface area is 124 Å². The third kappa shape index (κ3) is 3.84. The van der Waals surface area contributed by atoms with Crippen molar-refractivity contribution in [2.24, 2.45) is 5.92 Å². The molecule has 0 aliphatic carbocycles. The van der Waals surface area contributed by atoms with Crippen molar-refractivity contribution >= 4 is 23.0 Å². The summed E-state index contributed by atoms with van der Waals surface area (Å²) in [6, 6.07) is 4.99. The van der Waals surface area contributed by atoms with Crippen molar-refractivity contribution in [2.45, 2.75) is 26.1 Å². The molecule has 0 saturated carbocycles. The lowest BCUT2D eigenvalue weighted by molar-refractivity contribution is -0.144. The molecular weight excluding hydrogens is 301 g/mol. The molecule has 0 aliphatic heterocycles. The van der Waals surface area contributed by atoms with Crippen LogP contribution < -0.4 is 11.1 Å². The number of nitrogens with one attached hydrogen (secondary N) is 1. The third-order valence-corrected chi connectivity index (χ3v) is 3.77. The molecule has 0 spiro atoms. The summed E-state index contributed by atoms with van der Waals surface area (Å²) in [4.78, 5) is 7.76. The van der Waals surface area contributed by atoms with Gasteiger partial charge in [-0.05, 0) is 17.4 Å². The first-order chi connectivity index (χ1) is 9.77. The number of anilines is 2. The van der Waals surface area contributed by atoms with Crippen molar-refractivity contribution in [3.8, 4) is 0 Å². The molecular formula is C13H15F3N4S. The third-order valence-electron chi connectivity index (χ3n) is 2.82. The maximum atomic E-state index is 12.7. The molecule has 0 aliphatic rings. The summed E-state index contributed by atoms with van der Waals surface area (Å²) in [5.74, 6) is -1.21. The van der Waals surface area contributed by atoms with Crippen LogP contribution >= 0.6 is 11.3 Å². The van der Waals surface area contributed by atoms with Gasteiger partial charge in [0.1, 0.15) is 11.6 Å². The smallest absolute Gasteiger partial charge is 0.384 e. The van der Waals surface area contributed by atoms with E-state index in [4.69, 9.17) is 5.73 Å². The van der Waals surface area contributed by atoms with Gasteiger partial charge >= 0.3 is 6.18 Å². The highest BCUT2D eigenvalue weighted by Gasteiger charge is 2.35. The van der Waals surface area contributed by atoms with Crippen LogP contribution in [-0.4, -0.2) is 9.97 Å². The Bertz CT molecular complexity index is 596. The summed E-state index contributed by atoms with van der Waals surface area (Å²) in [7, 11) is 0. The van der Waals surface area contributed by atoms with E-state index in [1.165, 1.54) is 17.4 Å². The lowest BCUT2D eigenvalue weighted by Crippen LogP contribution is -2.19. The van der Waals surface area contributed by atoms with Gasteiger partial charge in [-0.25, -0.2) is 9.97 Å². The maximum Gasteiger partial charge on any atom is 0.451 e. The van der Waals surface area contributed by atoms with Crippen LogP contribution in [0.4, 0.5) is 24.8 Å². The fraction of sp³-hybridized carbons (Fsp3) is 0.385. The summed E-state index contributed by atoms with van der Waals surface area (Å²) in [5.41, 5.74) is 5.44. The molecule has 1 unspecified atom stereocenters. The molecule has 3 N–H and O–H groups in total. The van der Waals surface area contributed by atoms with E-state index in [9.17, 15) is 13.2 Å². The number of nitrogens with two attached hydrogens (primary N) is 1. The second kappa shape index (κ2) is 5.88. The number of rotatable bonds is 4. The van der Waals surface area contributed by atoms with Crippen LogP contribution in [0.2, 0.25) is 0 Å². The number of alkyl halides is 3. The highest BCUT2D eigenvalue weighted by Crippen LogP contribution is 2.31. The average Bonchev–Trinajstić information content (AvgIpc) is 2.87. The first-order valence-corrected chi connectivity index (χ1v) is 7.17. The van der Waals surface area contributed by atoms with Crippen LogP contribution in [0.15, 0.2) is 23.6 Å². The van der Waals surface area contributed by atoms with Crippen LogP contribution in [0.25, 0.3) is 0 Å². The van der Waals surface area contributed by atoms with Crippen molar-refractivity contribution in [2.75, 3.05) is 11.1 Å². The number of halogens is 3. The normalized spacial score (nSPS) is 13.4. The monoisotopic (exact) mass is 316 g/mol. The predicted molar refractivity (Wildman–Crippen MR) is 77.0 cm³/mol. The Morgan fingerprint density at radius 2 is 2.00 bits per heavy atom. The van der Waals surface area contributed by atoms with E-state index in [0.29, 0.717) is 0 Å². The van der Waals surface area contributed by atoms with Crippen LogP contribution in [0, 0.1) is 5.92 Å². The fourth-order valence-corrected chi connectivity index (χ4v) is 2.81. The van der Waals surface area contributed by atoms with Gasteiger partial charge in [0.2, 0.25) is 5.82 Å². The Morgan fingerprint density at radius 1 is 1.29 bits per heavy atom. The first-order valence-electron chi connectivity index (χ1n) is 6.29. The molecule has 0 saturated heterocycles. The van der Waals surface area contributed by atoms with Crippen LogP contribution in [0.1, 0.15) is 30.6 Å². The van der Waals surface area contributed by atoms with Gasteiger partial charge in [0.25, 0.3) is 0 Å². The Hall–Kier alpha value is -1.83. The van der Waals surface area contributed by atoms with Gasteiger partial charge in [-0.3, -0.25) is 0 Å². The SMILES string of the molecule is CC(C)C(Nc1cc(N)nc(C(F)(F)F)n1)c1cccs1. The molecule has 4 nitrogen and oxygen atoms in total. The zero-order valence-electron chi connectivity index (χ0n) is 11.5. The van der Waals surface area contributed by atoms with Gasteiger partial charge < -0.3 is 11.1 Å². The molecule has 2 aromatic rings. The number of thiophene rings is 1. The summed E-state index contributed by atoms with van der Waals surface area (Å²) < 4.78 is 38.1. The highest BCUT2D eigenvalue weighted by atomic mass is 32.1. The van der Waals surface area contributed by atoms with Crippen molar-refractivity contribution in [1.29, 1.82) is 0 Å². The first kappa shape index (κ1) is 15.6. The van der Waals surface area contributed by atoms with Crippen molar-refractivity contribution in [3.63, 3.8) is 0 Å². The Kier molecular flexibility index (Phi) is 4.36. The van der Waals surface area contributed by atoms with Crippen molar-refractivity contribution < 1.29 is 13.2 Å². The molecule has 21 heavy (non-hydrogen) atoms. The molecule has 0 bridgehead atoms. The molecule has 1 atom stereocenters. The molecule has 8 heteroatoms. The second-order valence-electron chi connectivity index (χ2n) is 4.88. The van der Waals surface area contributed by atoms with Crippen LogP contribution in [0.5, 0.6) is 0 Å². The highest BCUT2D eigenvalue weighted by molar-refractivity contribution is 7.10. The van der Waals surface area contributed by atoms with Gasteiger partial charge in [-0.15, -0.1) is 11.3 Å². The maximum absolute atomic E-state index is 12.7. The summed E-state index contributed by atoms with van der Waals surface area (Å²) >= 11 is 1.53. The largest absolute Gasteiger partial charge is 0.451 e. The quantitative estimate of drug-likeness (QED) is 0.896. The van der Waals surface area contributed by atoms with Crippen LogP contribution in [0.3, 0.4) is 0 Å². The second-order valence-corrected chi connectivity index (χ2v) is 5.86. The molecule has 0 radical (unpaired) electrons. The lowest BCUT2D eigenvalue weighted by Gasteiger charge is -2.22. The van der Waals surface area contributed by atoms with Crippen molar-refractivity contribution in [1.82, 2.24) is 9.97 Å². The Balaban J connectivity index is 2.31. The van der Waals surface area contributed by atoms with E-state index in [0.717, 1.165) is 4.88 Å². The van der Waals surface area contributed by atoms with E-state index in [1.54, 1.807) is 0 Å². The minimum Gasteiger partial charge on any atom is -0.384 e. The van der Waals surface area contributed by atoms with Gasteiger partial charge in [-0.1, -0.05) is 19.9 Å². The Morgan fingerprint density at radius 3 is 2.52 bits per heavy atom. The molecule has 114 valence electrons. The number of aromatic nitrogens is 2. The molecule has 2 aromatic heterocycles. The van der Waals surface area contributed by atoms with Gasteiger partial charge in [0, 0.05) is 10.9 Å². The standard InChI is InChI=1S/C13H15F3N4S/c1-7(2)11(8-4-3-5-21-8)19-10-6-9(17)18-12(20-10)13(14,15)16/h3-7,11H,1-2H3,(H3,17,18,19,20). The molecule has 0 fully saturated rings. The lowest BCUT2D eigenvalue weighted by atomic mass is 10.0. The summed E-state index contributed by atoms with van der Waals surface area (Å²) in [5, 5.41) is 4.93. The fourth-order valence-electron chi connectivity index (χ4n) is 1.86. The number of nitrogen functional groups attached to an aromatic ring is 1. The predicted octanol–water partition coefficient (Wildman–Crippen LogP) is 3.95. The zero-order valence-corrected chi connectivity index (χ0v) is 12.3. The van der Waals surface area contributed by atoms with E-state index >= 15 is 0 Å². The minimum absolute atomic E-state index is 0.0712. The van der Waals surface area contributed by atoms with Gasteiger partial charge in [0.05, 0.1) is 6.04 Å². The van der Waals surface area contributed by atoms with Gasteiger partial charge in [0.15, 0.2) is 0 Å². The molecule has 0 amide bonds. The number of hydrogen-bond acceptors (Lipinski definition) is 5. The van der Waals surface area contributed by atoms with E-state index in [2.05, 4.69) is 15.3 Å². The number of hydrogen-bond donors (Lipinski definition) is 2. The van der Waals surface area contributed by atoms with E-state index < -0.39 is 12.0 Å². The van der Waals surface area contributed by atoms with E-state index in [-0.39, 0.29) is 23.6 Å². The zero-order chi connectivity index (χ0) is 15.6.